The highest BCUT2D eigenvalue weighted by atomic mass is 16.6. The number of carbonyl (C=O) groups is 1. The molecular formula is C18H13N3O5. The summed E-state index contributed by atoms with van der Waals surface area (Å²) in [6.07, 6.45) is 4.43. The van der Waals surface area contributed by atoms with Crippen molar-refractivity contribution >= 4 is 23.3 Å². The highest BCUT2D eigenvalue weighted by molar-refractivity contribution is 6.20. The minimum Gasteiger partial charge on any atom is -0.465 e. The third kappa shape index (κ3) is 3.48. The zero-order valence-electron chi connectivity index (χ0n) is 13.7. The number of carbonyl (C=O) groups excluding carboxylic acids is 1. The van der Waals surface area contributed by atoms with E-state index in [2.05, 4.69) is 9.97 Å². The summed E-state index contributed by atoms with van der Waals surface area (Å²) >= 11 is 0. The number of hydrogen-bond donors (Lipinski definition) is 0. The maximum atomic E-state index is 12.0. The molecule has 0 atom stereocenters. The van der Waals surface area contributed by atoms with Crippen LogP contribution < -0.4 is 0 Å². The number of furan rings is 1. The van der Waals surface area contributed by atoms with Crippen LogP contribution in [-0.4, -0.2) is 28.0 Å². The molecule has 1 aromatic carbocycles. The molecule has 3 aromatic rings. The lowest BCUT2D eigenvalue weighted by molar-refractivity contribution is -0.384. The zero-order valence-corrected chi connectivity index (χ0v) is 13.7. The summed E-state index contributed by atoms with van der Waals surface area (Å²) in [7, 11) is 1.25. The quantitative estimate of drug-likeness (QED) is 0.300. The van der Waals surface area contributed by atoms with Crippen molar-refractivity contribution in [2.24, 2.45) is 0 Å². The van der Waals surface area contributed by atoms with Crippen LogP contribution in [-0.2, 0) is 9.53 Å². The van der Waals surface area contributed by atoms with Gasteiger partial charge in [-0.1, -0.05) is 12.1 Å². The van der Waals surface area contributed by atoms with E-state index in [0.29, 0.717) is 17.1 Å². The molecule has 3 rings (SSSR count). The van der Waals surface area contributed by atoms with Crippen LogP contribution in [0.5, 0.6) is 0 Å². The van der Waals surface area contributed by atoms with E-state index >= 15 is 0 Å². The second-order valence-corrected chi connectivity index (χ2v) is 5.10. The first-order valence-corrected chi connectivity index (χ1v) is 7.51. The monoisotopic (exact) mass is 351 g/mol. The molecule has 8 nitrogen and oxygen atoms in total. The second-order valence-electron chi connectivity index (χ2n) is 5.10. The second kappa shape index (κ2) is 7.39. The molecule has 0 saturated heterocycles. The molecule has 0 aliphatic rings. The predicted molar refractivity (Wildman–Crippen MR) is 92.7 cm³/mol. The number of methoxy groups -OCH3 is 1. The first-order valence-electron chi connectivity index (χ1n) is 7.51. The average molecular weight is 351 g/mol. The SMILES string of the molecule is COC(=O)C(=Cc1ccc(-c2ccccc2[N+](=O)[O-])o1)c1ncccn1. The molecule has 0 unspecified atom stereocenters. The molecule has 0 amide bonds. The standard InChI is InChI=1S/C18H13N3O5/c1-25-18(22)14(17-19-9-4-10-20-17)11-12-7-8-16(26-12)13-5-2-3-6-15(13)21(23)24/h2-11H,1H3. The van der Waals surface area contributed by atoms with Gasteiger partial charge in [0.15, 0.2) is 5.82 Å². The van der Waals surface area contributed by atoms with Crippen molar-refractivity contribution in [3.8, 4) is 11.3 Å². The van der Waals surface area contributed by atoms with E-state index in [9.17, 15) is 14.9 Å². The number of nitrogens with zero attached hydrogens (tertiary/aromatic N) is 3. The molecule has 0 spiro atoms. The van der Waals surface area contributed by atoms with Gasteiger partial charge in [-0.3, -0.25) is 10.1 Å². The van der Waals surface area contributed by atoms with Crippen molar-refractivity contribution in [1.82, 2.24) is 9.97 Å². The minimum atomic E-state index is -0.625. The smallest absolute Gasteiger partial charge is 0.341 e. The molecule has 0 bridgehead atoms. The van der Waals surface area contributed by atoms with Crippen molar-refractivity contribution in [2.45, 2.75) is 0 Å². The van der Waals surface area contributed by atoms with Crippen molar-refractivity contribution in [1.29, 1.82) is 0 Å². The van der Waals surface area contributed by atoms with Gasteiger partial charge < -0.3 is 9.15 Å². The van der Waals surface area contributed by atoms with Crippen LogP contribution >= 0.6 is 0 Å². The third-order valence-corrected chi connectivity index (χ3v) is 3.49. The fourth-order valence-electron chi connectivity index (χ4n) is 2.32. The lowest BCUT2D eigenvalue weighted by atomic mass is 10.1. The number of nitro groups is 1. The van der Waals surface area contributed by atoms with Gasteiger partial charge in [0.05, 0.1) is 17.6 Å². The number of esters is 1. The molecule has 26 heavy (non-hydrogen) atoms. The molecule has 0 N–H and O–H groups in total. The van der Waals surface area contributed by atoms with Crippen LogP contribution in [0, 0.1) is 10.1 Å². The summed E-state index contributed by atoms with van der Waals surface area (Å²) in [4.78, 5) is 30.8. The molecule has 0 aliphatic carbocycles. The maximum absolute atomic E-state index is 12.0. The Morgan fingerprint density at radius 2 is 1.88 bits per heavy atom. The van der Waals surface area contributed by atoms with E-state index in [-0.39, 0.29) is 17.1 Å². The number of ether oxygens (including phenoxy) is 1. The largest absolute Gasteiger partial charge is 0.465 e. The van der Waals surface area contributed by atoms with Crippen molar-refractivity contribution in [2.75, 3.05) is 7.11 Å². The van der Waals surface area contributed by atoms with E-state index in [1.165, 1.54) is 31.6 Å². The van der Waals surface area contributed by atoms with Crippen LogP contribution in [0.1, 0.15) is 11.6 Å². The Morgan fingerprint density at radius 3 is 2.58 bits per heavy atom. The zero-order chi connectivity index (χ0) is 18.5. The molecule has 130 valence electrons. The molecular weight excluding hydrogens is 338 g/mol. The molecule has 0 radical (unpaired) electrons. The summed E-state index contributed by atoms with van der Waals surface area (Å²) < 4.78 is 10.4. The van der Waals surface area contributed by atoms with Crippen LogP contribution in [0.3, 0.4) is 0 Å². The molecule has 0 fully saturated rings. The van der Waals surface area contributed by atoms with Crippen LogP contribution in [0.25, 0.3) is 23.0 Å². The molecule has 0 aliphatic heterocycles. The average Bonchev–Trinajstić information content (AvgIpc) is 3.14. The van der Waals surface area contributed by atoms with Gasteiger partial charge in [0.1, 0.15) is 17.1 Å². The van der Waals surface area contributed by atoms with Gasteiger partial charge in [-0.15, -0.1) is 0 Å². The molecule has 2 heterocycles. The first-order chi connectivity index (χ1) is 12.6. The maximum Gasteiger partial charge on any atom is 0.341 e. The van der Waals surface area contributed by atoms with Crippen LogP contribution in [0.4, 0.5) is 5.69 Å². The summed E-state index contributed by atoms with van der Waals surface area (Å²) in [5.74, 6) is 0.176. The molecule has 8 heteroatoms. The lowest BCUT2D eigenvalue weighted by Crippen LogP contribution is -2.06. The first kappa shape index (κ1) is 17.0. The Kier molecular flexibility index (Phi) is 4.84. The summed E-state index contributed by atoms with van der Waals surface area (Å²) in [5, 5.41) is 11.2. The topological polar surface area (TPSA) is 108 Å². The van der Waals surface area contributed by atoms with E-state index in [4.69, 9.17) is 9.15 Å². The number of nitro benzene ring substituents is 1. The summed E-state index contributed by atoms with van der Waals surface area (Å²) in [6.45, 7) is 0. The Hall–Kier alpha value is -3.81. The fourth-order valence-corrected chi connectivity index (χ4v) is 2.32. The van der Waals surface area contributed by atoms with Gasteiger partial charge >= 0.3 is 5.97 Å². The van der Waals surface area contributed by atoms with Crippen LogP contribution in [0.2, 0.25) is 0 Å². The van der Waals surface area contributed by atoms with E-state index < -0.39 is 10.9 Å². The Morgan fingerprint density at radius 1 is 1.15 bits per heavy atom. The predicted octanol–water partition coefficient (Wildman–Crippen LogP) is 3.36. The minimum absolute atomic E-state index is 0.0723. The molecule has 0 saturated carbocycles. The summed E-state index contributed by atoms with van der Waals surface area (Å²) in [5.41, 5.74) is 0.376. The Balaban J connectivity index is 2.02. The van der Waals surface area contributed by atoms with Gasteiger partial charge in [-0.2, -0.15) is 0 Å². The number of hydrogen-bond acceptors (Lipinski definition) is 7. The van der Waals surface area contributed by atoms with Crippen molar-refractivity contribution < 1.29 is 18.9 Å². The van der Waals surface area contributed by atoms with Gasteiger partial charge in [-0.25, -0.2) is 14.8 Å². The number of aromatic nitrogens is 2. The van der Waals surface area contributed by atoms with E-state index in [1.807, 2.05) is 0 Å². The number of benzene rings is 1. The normalized spacial score (nSPS) is 11.2. The van der Waals surface area contributed by atoms with Gasteiger partial charge in [0, 0.05) is 18.5 Å². The number of para-hydroxylation sites is 1. The fraction of sp³-hybridized carbons (Fsp3) is 0.0556. The van der Waals surface area contributed by atoms with E-state index in [1.54, 1.807) is 36.4 Å². The van der Waals surface area contributed by atoms with Crippen LogP contribution in [0.15, 0.2) is 59.3 Å². The van der Waals surface area contributed by atoms with Gasteiger partial charge in [-0.05, 0) is 30.3 Å². The van der Waals surface area contributed by atoms with Gasteiger partial charge in [0.25, 0.3) is 5.69 Å². The highest BCUT2D eigenvalue weighted by Crippen LogP contribution is 2.31. The highest BCUT2D eigenvalue weighted by Gasteiger charge is 2.19. The van der Waals surface area contributed by atoms with E-state index in [0.717, 1.165) is 0 Å². The van der Waals surface area contributed by atoms with Gasteiger partial charge in [0.2, 0.25) is 0 Å². The van der Waals surface area contributed by atoms with Crippen molar-refractivity contribution in [3.63, 3.8) is 0 Å². The lowest BCUT2D eigenvalue weighted by Gasteiger charge is -2.03. The van der Waals surface area contributed by atoms with Crippen molar-refractivity contribution in [3.05, 3.63) is 76.6 Å². The summed E-state index contributed by atoms with van der Waals surface area (Å²) in [6, 6.07) is 11.0. The third-order valence-electron chi connectivity index (χ3n) is 3.49. The Labute approximate surface area is 147 Å². The molecule has 2 aromatic heterocycles. The Bertz CT molecular complexity index is 979. The number of rotatable bonds is 5.